The molecule has 2 aliphatic heterocycles. The molecule has 12 nitrogen and oxygen atoms in total. The van der Waals surface area contributed by atoms with Crippen molar-refractivity contribution in [3.05, 3.63) is 95.7 Å². The normalized spacial score (nSPS) is 18.3. The van der Waals surface area contributed by atoms with Crippen LogP contribution in [0.15, 0.2) is 72.0 Å². The van der Waals surface area contributed by atoms with Gasteiger partial charge in [0.1, 0.15) is 35.8 Å². The molecule has 0 amide bonds. The molecule has 0 spiro atoms. The molecule has 1 aliphatic carbocycles. The number of nitrogens with one attached hydrogen (secondary N) is 1. The number of aromatic nitrogens is 6. The Kier molecular flexibility index (Phi) is 8.91. The van der Waals surface area contributed by atoms with Crippen LogP contribution in [0.25, 0.3) is 32.9 Å². The maximum atomic E-state index is 16.8. The van der Waals surface area contributed by atoms with Gasteiger partial charge in [-0.15, -0.1) is 15.6 Å². The number of anilines is 1. The van der Waals surface area contributed by atoms with Gasteiger partial charge in [-0.1, -0.05) is 42.3 Å². The van der Waals surface area contributed by atoms with E-state index >= 15 is 4.39 Å². The van der Waals surface area contributed by atoms with Crippen molar-refractivity contribution in [2.45, 2.75) is 55.1 Å². The summed E-state index contributed by atoms with van der Waals surface area (Å²) in [5, 5.41) is 9.33. The average molecular weight is 762 g/mol. The number of hydrogen-bond acceptors (Lipinski definition) is 11. The van der Waals surface area contributed by atoms with Crippen molar-refractivity contribution in [1.82, 2.24) is 39.3 Å². The van der Waals surface area contributed by atoms with E-state index in [9.17, 15) is 12.8 Å². The third kappa shape index (κ3) is 6.64. The summed E-state index contributed by atoms with van der Waals surface area (Å²) in [5.41, 5.74) is 1.35. The molecular weight excluding hydrogens is 725 g/mol. The number of benzene rings is 3. The van der Waals surface area contributed by atoms with E-state index < -0.39 is 21.7 Å². The highest BCUT2D eigenvalue weighted by atomic mass is 32.2. The maximum Gasteiger partial charge on any atom is 0.319 e. The predicted molar refractivity (Wildman–Crippen MR) is 203 cm³/mol. The van der Waals surface area contributed by atoms with Crippen molar-refractivity contribution in [3.8, 4) is 29.6 Å². The minimum Gasteiger partial charge on any atom is -0.462 e. The highest BCUT2D eigenvalue weighted by molar-refractivity contribution is 7.89. The highest BCUT2D eigenvalue weighted by Crippen LogP contribution is 2.39. The lowest BCUT2D eigenvalue weighted by Gasteiger charge is -2.34. The predicted octanol–water partition coefficient (Wildman–Crippen LogP) is 5.26. The number of rotatable bonds is 11. The molecule has 280 valence electrons. The summed E-state index contributed by atoms with van der Waals surface area (Å²) in [5.74, 6) is 2.54. The van der Waals surface area contributed by atoms with Gasteiger partial charge < -0.3 is 15.0 Å². The van der Waals surface area contributed by atoms with E-state index in [1.807, 2.05) is 11.9 Å². The standard InChI is InChI=1S/C40H37F2N9O3S/c1-3-30-33(41)16-11-25-5-4-6-31(34(25)30)36-35(42)37-32(19-43-36)39(50-21-27-12-13-28(22-50)45-27)47-40(46-37)54-18-17-49(2)20-24-7-14-29(15-8-24)55(52,53)51-23-44-38(48-51)26-9-10-26/h1,4-8,11,14-16,19,23,26-28,45H,9-10,12-13,17-18,20-22H2,2H3. The highest BCUT2D eigenvalue weighted by Gasteiger charge is 2.34. The van der Waals surface area contributed by atoms with E-state index in [1.54, 1.807) is 54.7 Å². The SMILES string of the molecule is C#Cc1c(F)ccc2cccc(-c3ncc4c(N5CC6CCC(C5)N6)nc(OCCN(C)Cc5ccc(S(=O)(=O)n6cnc(C7CC7)n6)cc5)nc4c3F)c12. The van der Waals surface area contributed by atoms with Crippen LogP contribution < -0.4 is 15.0 Å². The number of hydrogen-bond donors (Lipinski definition) is 1. The largest absolute Gasteiger partial charge is 0.462 e. The summed E-state index contributed by atoms with van der Waals surface area (Å²) in [7, 11) is -1.93. The molecule has 3 fully saturated rings. The number of nitrogens with zero attached hydrogens (tertiary/aromatic N) is 8. The quantitative estimate of drug-likeness (QED) is 0.174. The number of piperazine rings is 1. The van der Waals surface area contributed by atoms with Gasteiger partial charge in [0.2, 0.25) is 0 Å². The lowest BCUT2D eigenvalue weighted by Crippen LogP contribution is -2.51. The van der Waals surface area contributed by atoms with Crippen LogP contribution in [0.3, 0.4) is 0 Å². The van der Waals surface area contributed by atoms with E-state index in [1.165, 1.54) is 12.4 Å². The Hall–Kier alpha value is -5.56. The second kappa shape index (κ2) is 13.9. The van der Waals surface area contributed by atoms with Gasteiger partial charge in [-0.25, -0.2) is 13.8 Å². The fraction of sp³-hybridized carbons (Fsp3) is 0.325. The molecule has 2 unspecified atom stereocenters. The Bertz CT molecular complexity index is 2600. The minimum atomic E-state index is -3.85. The zero-order chi connectivity index (χ0) is 37.8. The molecule has 2 saturated heterocycles. The van der Waals surface area contributed by atoms with Gasteiger partial charge in [-0.2, -0.15) is 18.4 Å². The Morgan fingerprint density at radius 2 is 1.78 bits per heavy atom. The first-order valence-electron chi connectivity index (χ1n) is 18.3. The summed E-state index contributed by atoms with van der Waals surface area (Å²) < 4.78 is 64.9. The van der Waals surface area contributed by atoms with Crippen LogP contribution in [-0.4, -0.2) is 87.8 Å². The molecule has 6 aromatic rings. The maximum absolute atomic E-state index is 16.8. The smallest absolute Gasteiger partial charge is 0.319 e. The van der Waals surface area contributed by atoms with Crippen LogP contribution in [0.4, 0.5) is 14.6 Å². The van der Waals surface area contributed by atoms with E-state index in [4.69, 9.17) is 16.1 Å². The summed E-state index contributed by atoms with van der Waals surface area (Å²) >= 11 is 0. The molecule has 2 atom stereocenters. The van der Waals surface area contributed by atoms with E-state index in [-0.39, 0.29) is 40.2 Å². The number of halogens is 2. The van der Waals surface area contributed by atoms with Crippen molar-refractivity contribution in [3.63, 3.8) is 0 Å². The Labute approximate surface area is 316 Å². The lowest BCUT2D eigenvalue weighted by molar-refractivity contribution is 0.221. The fourth-order valence-electron chi connectivity index (χ4n) is 7.64. The van der Waals surface area contributed by atoms with Gasteiger partial charge >= 0.3 is 6.01 Å². The third-order valence-electron chi connectivity index (χ3n) is 10.6. The molecule has 1 N–H and O–H groups in total. The first kappa shape index (κ1) is 35.2. The van der Waals surface area contributed by atoms with E-state index in [0.717, 1.165) is 35.3 Å². The molecule has 0 radical (unpaired) electrons. The van der Waals surface area contributed by atoms with Crippen molar-refractivity contribution >= 4 is 37.5 Å². The molecule has 3 aromatic carbocycles. The number of fused-ring (bicyclic) bond motifs is 4. The molecule has 5 heterocycles. The molecule has 9 rings (SSSR count). The summed E-state index contributed by atoms with van der Waals surface area (Å²) in [4.78, 5) is 22.4. The molecule has 55 heavy (non-hydrogen) atoms. The number of terminal acetylenes is 1. The van der Waals surface area contributed by atoms with Crippen LogP contribution in [0.5, 0.6) is 6.01 Å². The lowest BCUT2D eigenvalue weighted by atomic mass is 9.96. The van der Waals surface area contributed by atoms with E-state index in [2.05, 4.69) is 36.2 Å². The molecule has 3 aromatic heterocycles. The van der Waals surface area contributed by atoms with E-state index in [0.29, 0.717) is 71.6 Å². The molecule has 15 heteroatoms. The van der Waals surface area contributed by atoms with Crippen molar-refractivity contribution < 1.29 is 21.9 Å². The summed E-state index contributed by atoms with van der Waals surface area (Å²) in [6.07, 6.45) is 12.6. The minimum absolute atomic E-state index is 0.000899. The van der Waals surface area contributed by atoms with Gasteiger partial charge in [0, 0.05) is 61.3 Å². The van der Waals surface area contributed by atoms with Crippen molar-refractivity contribution in [2.24, 2.45) is 0 Å². The number of ether oxygens (including phenoxy) is 1. The van der Waals surface area contributed by atoms with Crippen molar-refractivity contribution in [1.29, 1.82) is 0 Å². The van der Waals surface area contributed by atoms with Crippen LogP contribution in [-0.2, 0) is 16.6 Å². The van der Waals surface area contributed by atoms with Crippen LogP contribution in [0.2, 0.25) is 0 Å². The third-order valence-corrected chi connectivity index (χ3v) is 12.1. The zero-order valence-corrected chi connectivity index (χ0v) is 30.8. The Morgan fingerprint density at radius 1 is 1.00 bits per heavy atom. The molecular formula is C40H37F2N9O3S. The van der Waals surface area contributed by atoms with Gasteiger partial charge in [0.15, 0.2) is 11.6 Å². The Morgan fingerprint density at radius 3 is 2.53 bits per heavy atom. The van der Waals surface area contributed by atoms with Gasteiger partial charge in [-0.05, 0) is 61.9 Å². The van der Waals surface area contributed by atoms with Crippen LogP contribution >= 0.6 is 0 Å². The summed E-state index contributed by atoms with van der Waals surface area (Å²) in [6, 6.07) is 15.4. The fourth-order valence-corrected chi connectivity index (χ4v) is 8.70. The molecule has 2 bridgehead atoms. The monoisotopic (exact) mass is 761 g/mol. The Balaban J connectivity index is 0.960. The number of pyridine rings is 1. The number of likely N-dealkylation sites (N-methyl/N-ethyl adjacent to an activating group) is 1. The van der Waals surface area contributed by atoms with Gasteiger partial charge in [-0.3, -0.25) is 9.88 Å². The van der Waals surface area contributed by atoms with Gasteiger partial charge in [0.05, 0.1) is 15.8 Å². The molecule has 3 aliphatic rings. The van der Waals surface area contributed by atoms with Crippen LogP contribution in [0.1, 0.15) is 48.6 Å². The first-order chi connectivity index (χ1) is 26.7. The second-order valence-corrected chi connectivity index (χ2v) is 16.3. The first-order valence-corrected chi connectivity index (χ1v) is 19.7. The average Bonchev–Trinajstić information content (AvgIpc) is 3.81. The van der Waals surface area contributed by atoms with Gasteiger partial charge in [0.25, 0.3) is 10.0 Å². The topological polar surface area (TPSA) is 131 Å². The van der Waals surface area contributed by atoms with Crippen molar-refractivity contribution in [2.75, 3.05) is 38.2 Å². The van der Waals surface area contributed by atoms with Crippen LogP contribution in [0, 0.1) is 24.0 Å². The zero-order valence-electron chi connectivity index (χ0n) is 30.0. The molecule has 1 saturated carbocycles. The summed E-state index contributed by atoms with van der Waals surface area (Å²) in [6.45, 7) is 2.58. The second-order valence-electron chi connectivity index (χ2n) is 14.5.